The van der Waals surface area contributed by atoms with E-state index in [0.717, 1.165) is 12.0 Å². The molecule has 0 bridgehead atoms. The van der Waals surface area contributed by atoms with Crippen molar-refractivity contribution < 1.29 is 4.79 Å². The molecule has 0 aliphatic heterocycles. The zero-order valence-corrected chi connectivity index (χ0v) is 15.0. The first-order chi connectivity index (χ1) is 8.47. The summed E-state index contributed by atoms with van der Waals surface area (Å²) in [5, 5.41) is 3.35. The molecule has 0 unspecified atom stereocenters. The molecule has 1 heterocycles. The highest BCUT2D eigenvalue weighted by atomic mass is 79.9. The van der Waals surface area contributed by atoms with Crippen molar-refractivity contribution in [3.8, 4) is 0 Å². The van der Waals surface area contributed by atoms with Crippen molar-refractivity contribution in [2.45, 2.75) is 0 Å². The van der Waals surface area contributed by atoms with Gasteiger partial charge in [-0.1, -0.05) is 11.6 Å². The van der Waals surface area contributed by atoms with Crippen LogP contribution < -0.4 is 5.32 Å². The molecule has 94 valence electrons. The van der Waals surface area contributed by atoms with Gasteiger partial charge in [-0.2, -0.15) is 0 Å². The molecule has 0 saturated heterocycles. The third-order valence-corrected chi connectivity index (χ3v) is 5.65. The van der Waals surface area contributed by atoms with Crippen LogP contribution >= 0.6 is 70.7 Å². The number of rotatable bonds is 2. The van der Waals surface area contributed by atoms with E-state index in [2.05, 4.69) is 53.1 Å². The van der Waals surface area contributed by atoms with Crippen LogP contribution in [-0.2, 0) is 0 Å². The smallest absolute Gasteiger partial charge is 0.257 e. The van der Waals surface area contributed by atoms with Crippen molar-refractivity contribution in [3.63, 3.8) is 0 Å². The largest absolute Gasteiger partial charge is 0.322 e. The molecular formula is C11H5Br3ClNOS. The fraction of sp³-hybridized carbons (Fsp3) is 0. The predicted octanol–water partition coefficient (Wildman–Crippen LogP) is 5.94. The summed E-state index contributed by atoms with van der Waals surface area (Å²) >= 11 is 17.4. The molecule has 0 aliphatic carbocycles. The summed E-state index contributed by atoms with van der Waals surface area (Å²) < 4.78 is 2.48. The first-order valence-corrected chi connectivity index (χ1v) is 8.26. The third-order valence-electron chi connectivity index (χ3n) is 2.08. The average Bonchev–Trinajstić information content (AvgIpc) is 2.63. The fourth-order valence-corrected chi connectivity index (χ4v) is 4.49. The maximum absolute atomic E-state index is 12.0. The SMILES string of the molecule is O=C(Nc1ccc(Br)c(Cl)c1)c1cc(Br)sc1Br. The van der Waals surface area contributed by atoms with E-state index in [1.807, 2.05) is 0 Å². The Morgan fingerprint density at radius 3 is 2.50 bits per heavy atom. The van der Waals surface area contributed by atoms with Crippen LogP contribution in [0.1, 0.15) is 10.4 Å². The molecule has 18 heavy (non-hydrogen) atoms. The van der Waals surface area contributed by atoms with Gasteiger partial charge in [-0.05, 0) is 72.1 Å². The normalized spacial score (nSPS) is 10.4. The molecule has 0 aliphatic rings. The predicted molar refractivity (Wildman–Crippen MR) is 86.8 cm³/mol. The van der Waals surface area contributed by atoms with E-state index in [1.165, 1.54) is 11.3 Å². The summed E-state index contributed by atoms with van der Waals surface area (Å²) in [7, 11) is 0. The van der Waals surface area contributed by atoms with Crippen LogP contribution in [0.5, 0.6) is 0 Å². The Morgan fingerprint density at radius 1 is 1.22 bits per heavy atom. The van der Waals surface area contributed by atoms with Gasteiger partial charge in [-0.3, -0.25) is 4.79 Å². The molecule has 1 aromatic carbocycles. The van der Waals surface area contributed by atoms with E-state index < -0.39 is 0 Å². The fourth-order valence-electron chi connectivity index (χ4n) is 1.27. The average molecular weight is 474 g/mol. The number of thiophene rings is 1. The van der Waals surface area contributed by atoms with Gasteiger partial charge in [0.05, 0.1) is 18.2 Å². The highest BCUT2D eigenvalue weighted by molar-refractivity contribution is 9.12. The Kier molecular flexibility index (Phi) is 4.88. The first-order valence-electron chi connectivity index (χ1n) is 4.68. The van der Waals surface area contributed by atoms with Gasteiger partial charge in [0.25, 0.3) is 5.91 Å². The van der Waals surface area contributed by atoms with E-state index in [4.69, 9.17) is 11.6 Å². The van der Waals surface area contributed by atoms with Gasteiger partial charge in [-0.15, -0.1) is 11.3 Å². The molecule has 0 spiro atoms. The lowest BCUT2D eigenvalue weighted by molar-refractivity contribution is 0.102. The van der Waals surface area contributed by atoms with Gasteiger partial charge in [-0.25, -0.2) is 0 Å². The van der Waals surface area contributed by atoms with Crippen molar-refractivity contribution in [2.75, 3.05) is 5.32 Å². The van der Waals surface area contributed by atoms with Gasteiger partial charge in [0.1, 0.15) is 0 Å². The summed E-state index contributed by atoms with van der Waals surface area (Å²) in [6, 6.07) is 7.03. The number of hydrogen-bond acceptors (Lipinski definition) is 2. The first kappa shape index (κ1) is 14.5. The lowest BCUT2D eigenvalue weighted by atomic mass is 10.3. The number of amides is 1. The zero-order valence-electron chi connectivity index (χ0n) is 8.64. The van der Waals surface area contributed by atoms with E-state index in [1.54, 1.807) is 24.3 Å². The standard InChI is InChI=1S/C11H5Br3ClNOS/c12-7-2-1-5(3-8(7)15)16-11(17)6-4-9(13)18-10(6)14/h1-4H,(H,16,17). The number of carbonyl (C=O) groups excluding carboxylic acids is 1. The van der Waals surface area contributed by atoms with Crippen molar-refractivity contribution in [1.82, 2.24) is 0 Å². The van der Waals surface area contributed by atoms with Crippen molar-refractivity contribution >= 4 is 82.3 Å². The maximum Gasteiger partial charge on any atom is 0.257 e. The minimum atomic E-state index is -0.179. The summed E-state index contributed by atoms with van der Waals surface area (Å²) in [6.07, 6.45) is 0. The molecule has 0 atom stereocenters. The Labute approximate surface area is 138 Å². The van der Waals surface area contributed by atoms with E-state index in [-0.39, 0.29) is 5.91 Å². The Balaban J connectivity index is 2.21. The van der Waals surface area contributed by atoms with Crippen LogP contribution in [0.2, 0.25) is 5.02 Å². The van der Waals surface area contributed by atoms with E-state index >= 15 is 0 Å². The van der Waals surface area contributed by atoms with Gasteiger partial charge in [0.2, 0.25) is 0 Å². The molecule has 7 heteroatoms. The lowest BCUT2D eigenvalue weighted by Crippen LogP contribution is -2.11. The van der Waals surface area contributed by atoms with E-state index in [0.29, 0.717) is 16.3 Å². The van der Waals surface area contributed by atoms with Gasteiger partial charge in [0.15, 0.2) is 0 Å². The zero-order chi connectivity index (χ0) is 13.3. The Hall–Kier alpha value is 0.120. The van der Waals surface area contributed by atoms with Crippen LogP contribution in [0.25, 0.3) is 0 Å². The monoisotopic (exact) mass is 471 g/mol. The second kappa shape index (κ2) is 6.05. The van der Waals surface area contributed by atoms with E-state index in [9.17, 15) is 4.79 Å². The number of nitrogens with one attached hydrogen (secondary N) is 1. The molecule has 1 aromatic heterocycles. The summed E-state index contributed by atoms with van der Waals surface area (Å²) in [4.78, 5) is 12.0. The highest BCUT2D eigenvalue weighted by Gasteiger charge is 2.14. The highest BCUT2D eigenvalue weighted by Crippen LogP contribution is 2.32. The summed E-state index contributed by atoms with van der Waals surface area (Å²) in [6.45, 7) is 0. The second-order valence-electron chi connectivity index (χ2n) is 3.32. The Morgan fingerprint density at radius 2 is 1.94 bits per heavy atom. The molecular weight excluding hydrogens is 469 g/mol. The number of anilines is 1. The molecule has 0 saturated carbocycles. The maximum atomic E-state index is 12.0. The lowest BCUT2D eigenvalue weighted by Gasteiger charge is -2.05. The number of halogens is 4. The molecule has 2 nitrogen and oxygen atoms in total. The number of benzene rings is 1. The number of carbonyl (C=O) groups is 1. The molecule has 0 fully saturated rings. The second-order valence-corrected chi connectivity index (χ2v) is 8.33. The number of hydrogen-bond donors (Lipinski definition) is 1. The minimum Gasteiger partial charge on any atom is -0.322 e. The van der Waals surface area contributed by atoms with Crippen LogP contribution in [0.3, 0.4) is 0 Å². The van der Waals surface area contributed by atoms with Gasteiger partial charge in [0, 0.05) is 10.2 Å². The molecule has 0 radical (unpaired) electrons. The molecule has 2 rings (SSSR count). The minimum absolute atomic E-state index is 0.179. The molecule has 1 amide bonds. The Bertz CT molecular complexity index is 614. The molecule has 1 N–H and O–H groups in total. The summed E-state index contributed by atoms with van der Waals surface area (Å²) in [5.74, 6) is -0.179. The van der Waals surface area contributed by atoms with Crippen LogP contribution in [0.15, 0.2) is 36.3 Å². The van der Waals surface area contributed by atoms with Crippen molar-refractivity contribution in [2.24, 2.45) is 0 Å². The van der Waals surface area contributed by atoms with Gasteiger partial charge < -0.3 is 5.32 Å². The molecule has 2 aromatic rings. The van der Waals surface area contributed by atoms with Crippen LogP contribution in [0.4, 0.5) is 5.69 Å². The van der Waals surface area contributed by atoms with Gasteiger partial charge >= 0.3 is 0 Å². The third kappa shape index (κ3) is 3.36. The van der Waals surface area contributed by atoms with Crippen molar-refractivity contribution in [3.05, 3.63) is 46.9 Å². The van der Waals surface area contributed by atoms with Crippen molar-refractivity contribution in [1.29, 1.82) is 0 Å². The van der Waals surface area contributed by atoms with Crippen LogP contribution in [-0.4, -0.2) is 5.91 Å². The van der Waals surface area contributed by atoms with Crippen LogP contribution in [0, 0.1) is 0 Å². The topological polar surface area (TPSA) is 29.1 Å². The quantitative estimate of drug-likeness (QED) is 0.574. The summed E-state index contributed by atoms with van der Waals surface area (Å²) in [5.41, 5.74) is 1.24.